The van der Waals surface area contributed by atoms with E-state index in [2.05, 4.69) is 0 Å². The third kappa shape index (κ3) is 5.72. The van der Waals surface area contributed by atoms with Gasteiger partial charge in [-0.3, -0.25) is 9.69 Å². The number of aliphatic carboxylic acids is 1. The Balaban J connectivity index is 1.58. The molecule has 1 atom stereocenters. The maximum Gasteiger partial charge on any atom is 0.331 e. The van der Waals surface area contributed by atoms with E-state index in [0.29, 0.717) is 40.7 Å². The van der Waals surface area contributed by atoms with Crippen LogP contribution in [-0.2, 0) is 16.2 Å². The van der Waals surface area contributed by atoms with Crippen molar-refractivity contribution >= 4 is 46.3 Å². The van der Waals surface area contributed by atoms with Crippen LogP contribution in [0, 0.1) is 0 Å². The zero-order chi connectivity index (χ0) is 24.8. The molecule has 0 spiro atoms. The van der Waals surface area contributed by atoms with Crippen molar-refractivity contribution in [2.75, 3.05) is 6.61 Å². The molecular formula is C27H23NO5S2. The van der Waals surface area contributed by atoms with Gasteiger partial charge in [0, 0.05) is 0 Å². The molecule has 3 aromatic carbocycles. The first-order valence-electron chi connectivity index (χ1n) is 11.0. The van der Waals surface area contributed by atoms with Crippen molar-refractivity contribution in [3.63, 3.8) is 0 Å². The van der Waals surface area contributed by atoms with Gasteiger partial charge < -0.3 is 14.6 Å². The van der Waals surface area contributed by atoms with Crippen molar-refractivity contribution < 1.29 is 24.2 Å². The summed E-state index contributed by atoms with van der Waals surface area (Å²) < 4.78 is 11.9. The molecule has 6 nitrogen and oxygen atoms in total. The quantitative estimate of drug-likeness (QED) is 0.296. The number of ether oxygens (including phenoxy) is 2. The molecule has 1 unspecified atom stereocenters. The number of rotatable bonds is 9. The third-order valence-corrected chi connectivity index (χ3v) is 6.56. The molecule has 178 valence electrons. The molecule has 1 fully saturated rings. The Morgan fingerprint density at radius 3 is 2.37 bits per heavy atom. The molecule has 1 saturated heterocycles. The fourth-order valence-corrected chi connectivity index (χ4v) is 4.94. The number of hydrogen-bond acceptors (Lipinski definition) is 6. The Hall–Kier alpha value is -3.62. The first kappa shape index (κ1) is 24.5. The van der Waals surface area contributed by atoms with Crippen molar-refractivity contribution in [2.45, 2.75) is 19.6 Å². The summed E-state index contributed by atoms with van der Waals surface area (Å²) in [4.78, 5) is 26.8. The Morgan fingerprint density at radius 1 is 1.03 bits per heavy atom. The van der Waals surface area contributed by atoms with Crippen LogP contribution in [0.2, 0.25) is 0 Å². The average molecular weight is 506 g/mol. The van der Waals surface area contributed by atoms with Crippen LogP contribution < -0.4 is 9.47 Å². The highest BCUT2D eigenvalue weighted by Gasteiger charge is 2.41. The van der Waals surface area contributed by atoms with Gasteiger partial charge in [-0.2, -0.15) is 0 Å². The Labute approximate surface area is 213 Å². The van der Waals surface area contributed by atoms with Crippen molar-refractivity contribution in [3.05, 3.63) is 100 Å². The lowest BCUT2D eigenvalue weighted by atomic mass is 10.1. The topological polar surface area (TPSA) is 76.1 Å². The maximum atomic E-state index is 13.2. The number of thiocarbonyl (C=S) groups is 1. The highest BCUT2D eigenvalue weighted by Crippen LogP contribution is 2.39. The van der Waals surface area contributed by atoms with Crippen LogP contribution in [0.5, 0.6) is 11.5 Å². The molecule has 0 radical (unpaired) electrons. The van der Waals surface area contributed by atoms with Gasteiger partial charge in [-0.25, -0.2) is 4.79 Å². The summed E-state index contributed by atoms with van der Waals surface area (Å²) >= 11 is 6.48. The van der Waals surface area contributed by atoms with Gasteiger partial charge in [0.05, 0.1) is 11.5 Å². The summed E-state index contributed by atoms with van der Waals surface area (Å²) in [5.74, 6) is -0.443. The van der Waals surface area contributed by atoms with E-state index in [1.54, 1.807) is 48.5 Å². The minimum absolute atomic E-state index is 0.199. The molecule has 35 heavy (non-hydrogen) atoms. The van der Waals surface area contributed by atoms with Gasteiger partial charge in [0.2, 0.25) is 0 Å². The van der Waals surface area contributed by atoms with E-state index in [1.807, 2.05) is 43.3 Å². The lowest BCUT2D eigenvalue weighted by Gasteiger charge is -2.23. The molecule has 4 rings (SSSR count). The van der Waals surface area contributed by atoms with Gasteiger partial charge in [-0.15, -0.1) is 0 Å². The molecule has 0 aliphatic carbocycles. The standard InChI is InChI=1S/C27H23NO5S2/c1-2-32-22-15-19(13-14-21(22)33-17-18-9-5-3-6-10-18)16-23-25(29)28(27(34)35-23)24(26(30)31)20-11-7-4-8-12-20/h3-16,24H,2,17H2,1H3,(H,30,31)/b23-16-. The number of carboxylic acid groups (broad SMARTS) is 1. The molecule has 0 saturated carbocycles. The lowest BCUT2D eigenvalue weighted by molar-refractivity contribution is -0.145. The van der Waals surface area contributed by atoms with Gasteiger partial charge in [0.15, 0.2) is 17.5 Å². The number of carbonyl (C=O) groups is 2. The van der Waals surface area contributed by atoms with Crippen LogP contribution in [0.15, 0.2) is 83.8 Å². The van der Waals surface area contributed by atoms with E-state index in [-0.39, 0.29) is 4.32 Å². The van der Waals surface area contributed by atoms with E-state index in [0.717, 1.165) is 22.2 Å². The summed E-state index contributed by atoms with van der Waals surface area (Å²) in [7, 11) is 0. The van der Waals surface area contributed by atoms with Gasteiger partial charge in [0.25, 0.3) is 5.91 Å². The van der Waals surface area contributed by atoms with E-state index in [1.165, 1.54) is 0 Å². The predicted octanol–water partition coefficient (Wildman–Crippen LogP) is 5.69. The molecule has 1 heterocycles. The number of nitrogens with zero attached hydrogens (tertiary/aromatic N) is 1. The fraction of sp³-hybridized carbons (Fsp3) is 0.148. The average Bonchev–Trinajstić information content (AvgIpc) is 3.13. The number of thioether (sulfide) groups is 1. The van der Waals surface area contributed by atoms with E-state index < -0.39 is 17.9 Å². The summed E-state index contributed by atoms with van der Waals surface area (Å²) in [6.45, 7) is 2.73. The molecule has 3 aromatic rings. The van der Waals surface area contributed by atoms with Crippen molar-refractivity contribution in [1.29, 1.82) is 0 Å². The van der Waals surface area contributed by atoms with E-state index in [4.69, 9.17) is 21.7 Å². The van der Waals surface area contributed by atoms with Crippen LogP contribution in [0.1, 0.15) is 29.7 Å². The Bertz CT molecular complexity index is 1260. The molecule has 0 bridgehead atoms. The number of amides is 1. The molecule has 1 N–H and O–H groups in total. The molecule has 1 amide bonds. The van der Waals surface area contributed by atoms with Crippen LogP contribution >= 0.6 is 24.0 Å². The first-order valence-corrected chi connectivity index (χ1v) is 12.2. The Kier molecular flexibility index (Phi) is 7.84. The molecule has 0 aromatic heterocycles. The van der Waals surface area contributed by atoms with Crippen LogP contribution in [0.25, 0.3) is 6.08 Å². The molecule has 1 aliphatic heterocycles. The second kappa shape index (κ2) is 11.2. The van der Waals surface area contributed by atoms with Crippen molar-refractivity contribution in [2.24, 2.45) is 0 Å². The lowest BCUT2D eigenvalue weighted by Crippen LogP contribution is -2.37. The third-order valence-electron chi connectivity index (χ3n) is 5.23. The van der Waals surface area contributed by atoms with Crippen LogP contribution in [0.4, 0.5) is 0 Å². The summed E-state index contributed by atoms with van der Waals surface area (Å²) in [5.41, 5.74) is 2.23. The van der Waals surface area contributed by atoms with Gasteiger partial charge in [-0.1, -0.05) is 90.7 Å². The van der Waals surface area contributed by atoms with Crippen molar-refractivity contribution in [3.8, 4) is 11.5 Å². The first-order chi connectivity index (χ1) is 17.0. The fourth-order valence-electron chi connectivity index (χ4n) is 3.63. The van der Waals surface area contributed by atoms with Gasteiger partial charge >= 0.3 is 5.97 Å². The van der Waals surface area contributed by atoms with Gasteiger partial charge in [0.1, 0.15) is 10.9 Å². The summed E-state index contributed by atoms with van der Waals surface area (Å²) in [6.07, 6.45) is 1.69. The van der Waals surface area contributed by atoms with Crippen molar-refractivity contribution in [1.82, 2.24) is 4.90 Å². The second-order valence-corrected chi connectivity index (χ2v) is 9.29. The highest BCUT2D eigenvalue weighted by molar-refractivity contribution is 8.26. The summed E-state index contributed by atoms with van der Waals surface area (Å²) in [5, 5.41) is 9.84. The van der Waals surface area contributed by atoms with E-state index in [9.17, 15) is 14.7 Å². The monoisotopic (exact) mass is 505 g/mol. The predicted molar refractivity (Wildman–Crippen MR) is 140 cm³/mol. The number of carboxylic acids is 1. The normalized spacial score (nSPS) is 15.3. The highest BCUT2D eigenvalue weighted by atomic mass is 32.2. The number of benzene rings is 3. The smallest absolute Gasteiger partial charge is 0.331 e. The largest absolute Gasteiger partial charge is 0.490 e. The minimum Gasteiger partial charge on any atom is -0.490 e. The SMILES string of the molecule is CCOc1cc(/C=C2\SC(=S)N(C(C(=O)O)c3ccccc3)C2=O)ccc1OCc1ccccc1. The number of carbonyl (C=O) groups excluding carboxylic acids is 1. The zero-order valence-electron chi connectivity index (χ0n) is 18.9. The van der Waals surface area contributed by atoms with Crippen LogP contribution in [-0.4, -0.2) is 32.8 Å². The molecular weight excluding hydrogens is 482 g/mol. The second-order valence-electron chi connectivity index (χ2n) is 7.62. The Morgan fingerprint density at radius 2 is 1.71 bits per heavy atom. The van der Waals surface area contributed by atoms with E-state index >= 15 is 0 Å². The zero-order valence-corrected chi connectivity index (χ0v) is 20.6. The van der Waals surface area contributed by atoms with Gasteiger partial charge in [-0.05, 0) is 41.8 Å². The minimum atomic E-state index is -1.19. The molecule has 8 heteroatoms. The molecule has 1 aliphatic rings. The number of hydrogen-bond donors (Lipinski definition) is 1. The van der Waals surface area contributed by atoms with Crippen LogP contribution in [0.3, 0.4) is 0 Å². The summed E-state index contributed by atoms with van der Waals surface area (Å²) in [6, 6.07) is 22.6. The maximum absolute atomic E-state index is 13.2.